The fraction of sp³-hybridized carbons (Fsp3) is 0.655. The van der Waals surface area contributed by atoms with Crippen molar-refractivity contribution >= 4 is 11.9 Å². The third-order valence-corrected chi connectivity index (χ3v) is 10.1. The van der Waals surface area contributed by atoms with Crippen molar-refractivity contribution in [3.05, 3.63) is 47.6 Å². The van der Waals surface area contributed by atoms with Gasteiger partial charge in [0.05, 0.1) is 36.9 Å². The van der Waals surface area contributed by atoms with Crippen molar-refractivity contribution in [2.24, 2.45) is 10.8 Å². The number of aliphatic hydroxyl groups excluding tert-OH is 2. The summed E-state index contributed by atoms with van der Waals surface area (Å²) in [7, 11) is 0. The normalized spacial score (nSPS) is 47.0. The fourth-order valence-electron chi connectivity index (χ4n) is 7.68. The first kappa shape index (κ1) is 26.0. The molecule has 3 saturated heterocycles. The van der Waals surface area contributed by atoms with Gasteiger partial charge in [0.15, 0.2) is 0 Å². The summed E-state index contributed by atoms with van der Waals surface area (Å²) in [6, 6.07) is 0. The highest BCUT2D eigenvalue weighted by Crippen LogP contribution is 2.72. The molecule has 4 aliphatic heterocycles. The molecule has 1 unspecified atom stereocenters. The third kappa shape index (κ3) is 3.48. The van der Waals surface area contributed by atoms with E-state index in [1.165, 1.54) is 36.8 Å². The number of allylic oxidation sites excluding steroid dienone is 3. The predicted molar refractivity (Wildman–Crippen MR) is 134 cm³/mol. The number of fused-ring (bicyclic) bond motifs is 2. The average molecular weight is 529 g/mol. The minimum atomic E-state index is -1.47. The standard InChI is InChI=1S/C29H36O9/c1-17-7-10-27-15-34-24(32)13-19-8-11-35-28(18(2)30,25(19)33)9-5-4-6-23(31)38-20-14-22(37-21(27)12-17)29(16-36-29)26(20,27)3/h4-6,9,12-13,18,20-22,25,30,33H,7-8,10-11,14-16H2,1-3H3/t18-,20?,21+,22+,25+,26+,27+,28-,29-/m0/s1. The van der Waals surface area contributed by atoms with E-state index in [-0.39, 0.29) is 25.4 Å². The van der Waals surface area contributed by atoms with Crippen LogP contribution in [0.3, 0.4) is 0 Å². The van der Waals surface area contributed by atoms with E-state index < -0.39 is 52.3 Å². The smallest absolute Gasteiger partial charge is 0.331 e. The van der Waals surface area contributed by atoms with E-state index in [1.54, 1.807) is 6.08 Å². The number of cyclic esters (lactones) is 1. The van der Waals surface area contributed by atoms with E-state index in [1.807, 2.05) is 0 Å². The van der Waals surface area contributed by atoms with Crippen LogP contribution >= 0.6 is 0 Å². The molecule has 0 aromatic heterocycles. The molecule has 6 aliphatic rings. The SMILES string of the molecule is CC1=C[C@H]2O[C@@H]3CC4OC(=O)C=CC=C[C@@]5([C@H](C)O)OCCC(=CC(=O)OC[C@@]2(CC1)[C@]4(C)[C@]31CO1)[C@H]5O. The highest BCUT2D eigenvalue weighted by atomic mass is 16.6. The van der Waals surface area contributed by atoms with Crippen LogP contribution in [0.4, 0.5) is 0 Å². The van der Waals surface area contributed by atoms with E-state index >= 15 is 0 Å². The van der Waals surface area contributed by atoms with Crippen LogP contribution in [-0.4, -0.2) is 83.7 Å². The Balaban J connectivity index is 1.44. The van der Waals surface area contributed by atoms with Crippen LogP contribution in [0.25, 0.3) is 0 Å². The van der Waals surface area contributed by atoms with Gasteiger partial charge >= 0.3 is 11.9 Å². The molecule has 1 saturated carbocycles. The summed E-state index contributed by atoms with van der Waals surface area (Å²) in [5, 5.41) is 21.7. The Morgan fingerprint density at radius 1 is 1.08 bits per heavy atom. The molecule has 4 fully saturated rings. The van der Waals surface area contributed by atoms with Crippen LogP contribution in [0, 0.1) is 10.8 Å². The Kier molecular flexibility index (Phi) is 6.05. The number of carbonyl (C=O) groups is 2. The van der Waals surface area contributed by atoms with Crippen LogP contribution in [-0.2, 0) is 33.3 Å². The van der Waals surface area contributed by atoms with Crippen molar-refractivity contribution in [2.75, 3.05) is 19.8 Å². The molecular weight excluding hydrogens is 492 g/mol. The molecule has 0 aromatic carbocycles. The summed E-state index contributed by atoms with van der Waals surface area (Å²) in [6.07, 6.45) is 8.21. The molecule has 0 radical (unpaired) electrons. The van der Waals surface area contributed by atoms with Crippen LogP contribution < -0.4 is 0 Å². The summed E-state index contributed by atoms with van der Waals surface area (Å²) in [6.45, 7) is 6.43. The quantitative estimate of drug-likeness (QED) is 0.299. The zero-order valence-corrected chi connectivity index (χ0v) is 22.1. The Bertz CT molecular complexity index is 1150. The first-order chi connectivity index (χ1) is 18.1. The summed E-state index contributed by atoms with van der Waals surface area (Å²) < 4.78 is 30.6. The predicted octanol–water partition coefficient (Wildman–Crippen LogP) is 2.07. The molecule has 38 heavy (non-hydrogen) atoms. The number of hydrogen-bond donors (Lipinski definition) is 2. The van der Waals surface area contributed by atoms with E-state index in [9.17, 15) is 19.8 Å². The zero-order valence-electron chi connectivity index (χ0n) is 22.1. The van der Waals surface area contributed by atoms with Crippen LogP contribution in [0.1, 0.15) is 46.5 Å². The largest absolute Gasteiger partial charge is 0.462 e. The number of ether oxygens (including phenoxy) is 5. The highest BCUT2D eigenvalue weighted by molar-refractivity contribution is 5.83. The molecule has 2 spiro atoms. The molecule has 2 N–H and O–H groups in total. The van der Waals surface area contributed by atoms with E-state index in [0.717, 1.165) is 6.42 Å². The fourth-order valence-corrected chi connectivity index (χ4v) is 7.68. The number of carbonyl (C=O) groups excluding carboxylic acids is 2. The van der Waals surface area contributed by atoms with Gasteiger partial charge in [-0.2, -0.15) is 0 Å². The Hall–Kier alpha value is -2.30. The van der Waals surface area contributed by atoms with Crippen molar-refractivity contribution in [1.82, 2.24) is 0 Å². The molecule has 4 heterocycles. The minimum absolute atomic E-state index is 0.0519. The van der Waals surface area contributed by atoms with Gasteiger partial charge in [-0.25, -0.2) is 9.59 Å². The maximum atomic E-state index is 13.2. The van der Waals surface area contributed by atoms with Gasteiger partial charge in [-0.15, -0.1) is 0 Å². The Morgan fingerprint density at radius 2 is 1.87 bits per heavy atom. The number of esters is 2. The number of rotatable bonds is 1. The lowest BCUT2D eigenvalue weighted by Gasteiger charge is -2.58. The van der Waals surface area contributed by atoms with E-state index in [2.05, 4.69) is 19.9 Å². The van der Waals surface area contributed by atoms with Crippen LogP contribution in [0.5, 0.6) is 0 Å². The second kappa shape index (κ2) is 8.86. The van der Waals surface area contributed by atoms with Gasteiger partial charge in [0.25, 0.3) is 0 Å². The lowest BCUT2D eigenvalue weighted by Crippen LogP contribution is -2.66. The van der Waals surface area contributed by atoms with Gasteiger partial charge in [0.1, 0.15) is 30.0 Å². The van der Waals surface area contributed by atoms with Crippen molar-refractivity contribution in [3.63, 3.8) is 0 Å². The summed E-state index contributed by atoms with van der Waals surface area (Å²) in [4.78, 5) is 26.2. The van der Waals surface area contributed by atoms with Gasteiger partial charge in [-0.1, -0.05) is 30.7 Å². The minimum Gasteiger partial charge on any atom is -0.462 e. The lowest BCUT2D eigenvalue weighted by molar-refractivity contribution is -0.232. The summed E-state index contributed by atoms with van der Waals surface area (Å²) in [5.41, 5.74) is -1.76. The number of hydrogen-bond acceptors (Lipinski definition) is 9. The Morgan fingerprint density at radius 3 is 2.61 bits per heavy atom. The van der Waals surface area contributed by atoms with Crippen molar-refractivity contribution in [1.29, 1.82) is 0 Å². The van der Waals surface area contributed by atoms with Crippen LogP contribution in [0.2, 0.25) is 0 Å². The molecule has 0 amide bonds. The van der Waals surface area contributed by atoms with E-state index in [4.69, 9.17) is 23.7 Å². The van der Waals surface area contributed by atoms with Crippen molar-refractivity contribution < 1.29 is 43.5 Å². The monoisotopic (exact) mass is 528 g/mol. The molecule has 2 aliphatic carbocycles. The molecule has 0 aromatic rings. The molecule has 6 rings (SSSR count). The van der Waals surface area contributed by atoms with Gasteiger partial charge < -0.3 is 33.9 Å². The maximum absolute atomic E-state index is 13.2. The molecule has 4 bridgehead atoms. The zero-order chi connectivity index (χ0) is 26.9. The van der Waals surface area contributed by atoms with Crippen molar-refractivity contribution in [3.8, 4) is 0 Å². The van der Waals surface area contributed by atoms with Gasteiger partial charge in [0, 0.05) is 24.0 Å². The number of aliphatic hydroxyl groups is 2. The second-order valence-corrected chi connectivity index (χ2v) is 11.8. The number of epoxide rings is 1. The topological polar surface area (TPSA) is 124 Å². The summed E-state index contributed by atoms with van der Waals surface area (Å²) in [5.74, 6) is -1.10. The molecule has 9 nitrogen and oxygen atoms in total. The second-order valence-electron chi connectivity index (χ2n) is 11.8. The molecule has 9 atom stereocenters. The summed E-state index contributed by atoms with van der Waals surface area (Å²) >= 11 is 0. The van der Waals surface area contributed by atoms with Gasteiger partial charge in [-0.3, -0.25) is 0 Å². The first-order valence-corrected chi connectivity index (χ1v) is 13.5. The van der Waals surface area contributed by atoms with Gasteiger partial charge in [0.2, 0.25) is 0 Å². The molecule has 206 valence electrons. The van der Waals surface area contributed by atoms with Crippen LogP contribution in [0.15, 0.2) is 47.6 Å². The van der Waals surface area contributed by atoms with E-state index in [0.29, 0.717) is 31.4 Å². The molecular formula is C29H36O9. The van der Waals surface area contributed by atoms with Crippen molar-refractivity contribution in [2.45, 2.75) is 88.2 Å². The Labute approximate surface area is 222 Å². The molecule has 9 heteroatoms. The third-order valence-electron chi connectivity index (χ3n) is 10.1. The van der Waals surface area contributed by atoms with Gasteiger partial charge in [-0.05, 0) is 44.8 Å². The average Bonchev–Trinajstić information content (AvgIpc) is 3.65. The lowest BCUT2D eigenvalue weighted by atomic mass is 9.51. The highest BCUT2D eigenvalue weighted by Gasteiger charge is 2.83. The maximum Gasteiger partial charge on any atom is 0.331 e. The first-order valence-electron chi connectivity index (χ1n) is 13.5.